The van der Waals surface area contributed by atoms with Gasteiger partial charge in [-0.05, 0) is 40.2 Å². The van der Waals surface area contributed by atoms with E-state index >= 15 is 0 Å². The Labute approximate surface area is 106 Å². The van der Waals surface area contributed by atoms with Crippen LogP contribution in [0.2, 0.25) is 0 Å². The van der Waals surface area contributed by atoms with Crippen LogP contribution >= 0.6 is 0 Å². The SMILES string of the molecule is CC(C)=C(C)[NH2+]O.CC[N+](C)(CC)CC.[OH-].[OH-]. The molecule has 0 saturated carbocycles. The molecule has 0 aromatic rings. The molecule has 0 radical (unpaired) electrons. The first kappa shape index (κ1) is 25.4. The van der Waals surface area contributed by atoms with E-state index < -0.39 is 0 Å². The Kier molecular flexibility index (Phi) is 20.3. The Morgan fingerprint density at radius 2 is 1.24 bits per heavy atom. The molecule has 0 spiro atoms. The molecular weight excluding hydrogens is 220 g/mol. The first-order valence-electron chi connectivity index (χ1n) is 5.81. The third-order valence-corrected chi connectivity index (χ3v) is 3.27. The molecule has 5 N–H and O–H groups in total. The zero-order valence-electron chi connectivity index (χ0n) is 12.5. The molecule has 108 valence electrons. The molecule has 5 nitrogen and oxygen atoms in total. The summed E-state index contributed by atoms with van der Waals surface area (Å²) in [6, 6.07) is 0. The van der Waals surface area contributed by atoms with Gasteiger partial charge in [-0.2, -0.15) is 5.48 Å². The van der Waals surface area contributed by atoms with Crippen LogP contribution in [0.4, 0.5) is 0 Å². The van der Waals surface area contributed by atoms with Gasteiger partial charge in [-0.15, -0.1) is 0 Å². The van der Waals surface area contributed by atoms with Crippen LogP contribution in [-0.2, 0) is 0 Å². The number of nitrogens with zero attached hydrogens (tertiary/aromatic N) is 1. The lowest BCUT2D eigenvalue weighted by molar-refractivity contribution is -0.904. The first-order valence-corrected chi connectivity index (χ1v) is 5.81. The predicted octanol–water partition coefficient (Wildman–Crippen LogP) is 1.39. The summed E-state index contributed by atoms with van der Waals surface area (Å²) in [5, 5.41) is 8.32. The van der Waals surface area contributed by atoms with Gasteiger partial charge in [0.15, 0.2) is 0 Å². The van der Waals surface area contributed by atoms with Crippen molar-refractivity contribution in [2.45, 2.75) is 41.5 Å². The molecule has 0 fully saturated rings. The summed E-state index contributed by atoms with van der Waals surface area (Å²) in [5.74, 6) is 0. The van der Waals surface area contributed by atoms with Gasteiger partial charge in [-0.25, -0.2) is 5.21 Å². The fraction of sp³-hybridized carbons (Fsp3) is 0.833. The van der Waals surface area contributed by atoms with E-state index in [1.165, 1.54) is 24.1 Å². The first-order chi connectivity index (χ1) is 6.86. The average molecular weight is 252 g/mol. The normalized spacial score (nSPS) is 9.18. The highest BCUT2D eigenvalue weighted by Crippen LogP contribution is 1.97. The number of hydrogen-bond acceptors (Lipinski definition) is 3. The molecule has 0 heterocycles. The van der Waals surface area contributed by atoms with Crippen LogP contribution in [0.5, 0.6) is 0 Å². The van der Waals surface area contributed by atoms with Gasteiger partial charge in [0.25, 0.3) is 0 Å². The average Bonchev–Trinajstić information content (AvgIpc) is 2.27. The zero-order valence-corrected chi connectivity index (χ0v) is 12.5. The van der Waals surface area contributed by atoms with Gasteiger partial charge < -0.3 is 15.4 Å². The maximum atomic E-state index is 8.32. The summed E-state index contributed by atoms with van der Waals surface area (Å²) in [7, 11) is 2.29. The van der Waals surface area contributed by atoms with Gasteiger partial charge in [0.2, 0.25) is 0 Å². The minimum atomic E-state index is 0. The highest BCUT2D eigenvalue weighted by molar-refractivity contribution is 4.95. The second-order valence-corrected chi connectivity index (χ2v) is 4.38. The Hall–Kier alpha value is -0.460. The Morgan fingerprint density at radius 3 is 1.24 bits per heavy atom. The molecule has 0 saturated heterocycles. The van der Waals surface area contributed by atoms with Crippen molar-refractivity contribution in [2.24, 2.45) is 0 Å². The van der Waals surface area contributed by atoms with Crippen LogP contribution in [0, 0.1) is 0 Å². The van der Waals surface area contributed by atoms with Crippen molar-refractivity contribution in [2.75, 3.05) is 26.7 Å². The maximum absolute atomic E-state index is 8.32. The number of nitrogens with two attached hydrogens (primary N) is 1. The highest BCUT2D eigenvalue weighted by Gasteiger charge is 2.10. The van der Waals surface area contributed by atoms with Gasteiger partial charge in [0, 0.05) is 6.92 Å². The minimum Gasteiger partial charge on any atom is -0.870 e. The maximum Gasteiger partial charge on any atom is 0.133 e. The van der Waals surface area contributed by atoms with Gasteiger partial charge in [0.1, 0.15) is 5.70 Å². The molecule has 0 atom stereocenters. The van der Waals surface area contributed by atoms with E-state index in [9.17, 15) is 0 Å². The Morgan fingerprint density at radius 1 is 0.941 bits per heavy atom. The lowest BCUT2D eigenvalue weighted by Crippen LogP contribution is -2.77. The van der Waals surface area contributed by atoms with Crippen LogP contribution < -0.4 is 5.48 Å². The molecule has 5 heteroatoms. The van der Waals surface area contributed by atoms with Crippen LogP contribution in [0.15, 0.2) is 11.3 Å². The molecule has 0 aromatic carbocycles. The van der Waals surface area contributed by atoms with Crippen LogP contribution in [-0.4, -0.2) is 47.3 Å². The third kappa shape index (κ3) is 13.5. The summed E-state index contributed by atoms with van der Waals surface area (Å²) in [5.41, 5.74) is 3.22. The van der Waals surface area contributed by atoms with Crippen molar-refractivity contribution in [3.05, 3.63) is 11.3 Å². The summed E-state index contributed by atoms with van der Waals surface area (Å²) in [4.78, 5) is 0. The second kappa shape index (κ2) is 13.6. The summed E-state index contributed by atoms with van der Waals surface area (Å²) in [6.07, 6.45) is 0. The molecule has 0 amide bonds. The summed E-state index contributed by atoms with van der Waals surface area (Å²) < 4.78 is 1.21. The molecule has 0 aromatic heterocycles. The molecule has 0 rings (SSSR count). The zero-order chi connectivity index (χ0) is 12.5. The molecule has 0 unspecified atom stereocenters. The standard InChI is InChI=1S/C7H18N.C5H11NO.2H2O/c1-5-8(4,6-2)7-3;1-4(2)5(3)6-7;;/h5-7H2,1-4H3;6-7H,1-3H3;2*1H2/q+1;;;/p-1. The molecule has 0 aliphatic carbocycles. The number of quaternary nitrogens is 2. The van der Waals surface area contributed by atoms with Crippen molar-refractivity contribution in [3.8, 4) is 0 Å². The van der Waals surface area contributed by atoms with E-state index in [-0.39, 0.29) is 11.0 Å². The fourth-order valence-corrected chi connectivity index (χ4v) is 0.800. The quantitative estimate of drug-likeness (QED) is 0.584. The molecule has 17 heavy (non-hydrogen) atoms. The number of hydrogen-bond donors (Lipinski definition) is 2. The van der Waals surface area contributed by atoms with Gasteiger partial charge >= 0.3 is 0 Å². The van der Waals surface area contributed by atoms with Crippen molar-refractivity contribution < 1.29 is 26.1 Å². The lowest BCUT2D eigenvalue weighted by Gasteiger charge is -2.30. The second-order valence-electron chi connectivity index (χ2n) is 4.38. The third-order valence-electron chi connectivity index (χ3n) is 3.27. The van der Waals surface area contributed by atoms with Crippen LogP contribution in [0.1, 0.15) is 41.5 Å². The number of hydroxylamine groups is 1. The Bertz CT molecular complexity index is 178. The van der Waals surface area contributed by atoms with Gasteiger partial charge in [-0.1, -0.05) is 0 Å². The molecule has 0 bridgehead atoms. The monoisotopic (exact) mass is 252 g/mol. The minimum absolute atomic E-state index is 0. The Balaban J connectivity index is -0.0000000896. The molecule has 0 aliphatic heterocycles. The van der Waals surface area contributed by atoms with Crippen molar-refractivity contribution in [1.29, 1.82) is 0 Å². The van der Waals surface area contributed by atoms with E-state index in [1.54, 1.807) is 0 Å². The summed E-state index contributed by atoms with van der Waals surface area (Å²) in [6.45, 7) is 16.3. The fourth-order valence-electron chi connectivity index (χ4n) is 0.800. The number of allylic oxidation sites excluding steroid dienone is 2. The number of rotatable bonds is 4. The van der Waals surface area contributed by atoms with E-state index in [4.69, 9.17) is 5.21 Å². The molecule has 0 aliphatic rings. The van der Waals surface area contributed by atoms with Gasteiger partial charge in [0.05, 0.1) is 26.7 Å². The van der Waals surface area contributed by atoms with Crippen LogP contribution in [0.25, 0.3) is 0 Å². The van der Waals surface area contributed by atoms with E-state index in [0.29, 0.717) is 0 Å². The topological polar surface area (TPSA) is 96.8 Å². The smallest absolute Gasteiger partial charge is 0.133 e. The van der Waals surface area contributed by atoms with Crippen molar-refractivity contribution >= 4 is 0 Å². The molecular formula is C12H32N2O3. The van der Waals surface area contributed by atoms with Crippen molar-refractivity contribution in [3.63, 3.8) is 0 Å². The van der Waals surface area contributed by atoms with E-state index in [1.807, 2.05) is 20.8 Å². The van der Waals surface area contributed by atoms with Crippen molar-refractivity contribution in [1.82, 2.24) is 0 Å². The lowest BCUT2D eigenvalue weighted by atomic mass is 10.3. The van der Waals surface area contributed by atoms with Gasteiger partial charge in [-0.3, -0.25) is 0 Å². The highest BCUT2D eigenvalue weighted by atomic mass is 16.5. The van der Waals surface area contributed by atoms with E-state index in [2.05, 4.69) is 27.8 Å². The predicted molar refractivity (Wildman–Crippen MR) is 69.4 cm³/mol. The van der Waals surface area contributed by atoms with Crippen LogP contribution in [0.3, 0.4) is 0 Å². The summed E-state index contributed by atoms with van der Waals surface area (Å²) >= 11 is 0. The van der Waals surface area contributed by atoms with E-state index in [0.717, 1.165) is 16.8 Å². The largest absolute Gasteiger partial charge is 0.870 e.